The maximum Gasteiger partial charge on any atom is 0.209 e. The Hall–Kier alpha value is -1.60. The lowest BCUT2D eigenvalue weighted by atomic mass is 9.72. The third-order valence-corrected chi connectivity index (χ3v) is 5.19. The van der Waals surface area contributed by atoms with Crippen LogP contribution in [-0.2, 0) is 12.5 Å². The first-order valence-electron chi connectivity index (χ1n) is 8.83. The molecule has 0 saturated carbocycles. The Balaban J connectivity index is 1.84. The van der Waals surface area contributed by atoms with Gasteiger partial charge in [0.1, 0.15) is 12.4 Å². The van der Waals surface area contributed by atoms with E-state index >= 15 is 0 Å². The van der Waals surface area contributed by atoms with Crippen LogP contribution in [0.25, 0.3) is 0 Å². The van der Waals surface area contributed by atoms with E-state index in [0.29, 0.717) is 10.9 Å². The number of hydrogen-bond donors (Lipinski definition) is 1. The molecule has 0 fully saturated rings. The lowest BCUT2D eigenvalue weighted by Crippen LogP contribution is -2.24. The summed E-state index contributed by atoms with van der Waals surface area (Å²) < 4.78 is 7.29. The number of ether oxygens (including phenoxy) is 1. The van der Waals surface area contributed by atoms with Gasteiger partial charge in [0.05, 0.1) is 6.10 Å². The SMILES string of the molecule is Cn1nnnc1SCC(O)COc1ccc(C(C)(C)CC(C)(C)C)cc1. The van der Waals surface area contributed by atoms with E-state index in [2.05, 4.69) is 62.3 Å². The summed E-state index contributed by atoms with van der Waals surface area (Å²) in [5.74, 6) is 1.25. The molecule has 0 bridgehead atoms. The fourth-order valence-electron chi connectivity index (χ4n) is 3.19. The number of nitrogens with zero attached hydrogens (tertiary/aromatic N) is 4. The summed E-state index contributed by atoms with van der Waals surface area (Å²) in [4.78, 5) is 0. The summed E-state index contributed by atoms with van der Waals surface area (Å²) in [6, 6.07) is 8.19. The van der Waals surface area contributed by atoms with Crippen LogP contribution in [0.5, 0.6) is 5.75 Å². The minimum absolute atomic E-state index is 0.108. The van der Waals surface area contributed by atoms with Crippen LogP contribution >= 0.6 is 11.8 Å². The second-order valence-corrected chi connectivity index (χ2v) is 9.49. The molecule has 7 heteroatoms. The molecule has 144 valence electrons. The van der Waals surface area contributed by atoms with Crippen LogP contribution in [0, 0.1) is 5.41 Å². The molecule has 0 aliphatic heterocycles. The zero-order valence-corrected chi connectivity index (χ0v) is 17.4. The number of aryl methyl sites for hydroxylation is 1. The van der Waals surface area contributed by atoms with Gasteiger partial charge in [-0.25, -0.2) is 4.68 Å². The molecule has 0 aliphatic rings. The van der Waals surface area contributed by atoms with E-state index in [9.17, 15) is 5.11 Å². The summed E-state index contributed by atoms with van der Waals surface area (Å²) >= 11 is 1.40. The van der Waals surface area contributed by atoms with Gasteiger partial charge in [-0.2, -0.15) is 0 Å². The maximum atomic E-state index is 10.1. The van der Waals surface area contributed by atoms with E-state index in [0.717, 1.165) is 12.2 Å². The van der Waals surface area contributed by atoms with Gasteiger partial charge in [-0.05, 0) is 45.4 Å². The molecule has 0 aliphatic carbocycles. The van der Waals surface area contributed by atoms with Gasteiger partial charge >= 0.3 is 0 Å². The lowest BCUT2D eigenvalue weighted by Gasteiger charge is -2.33. The van der Waals surface area contributed by atoms with E-state index in [1.165, 1.54) is 17.3 Å². The number of rotatable bonds is 8. The average molecular weight is 379 g/mol. The second kappa shape index (κ2) is 8.39. The highest BCUT2D eigenvalue weighted by Gasteiger charge is 2.27. The molecular formula is C19H30N4O2S. The van der Waals surface area contributed by atoms with Gasteiger partial charge in [0.2, 0.25) is 5.16 Å². The van der Waals surface area contributed by atoms with Crippen molar-refractivity contribution in [3.8, 4) is 5.75 Å². The molecule has 0 radical (unpaired) electrons. The highest BCUT2D eigenvalue weighted by atomic mass is 32.2. The van der Waals surface area contributed by atoms with Crippen molar-refractivity contribution in [3.63, 3.8) is 0 Å². The Morgan fingerprint density at radius 2 is 1.81 bits per heavy atom. The lowest BCUT2D eigenvalue weighted by molar-refractivity contribution is 0.126. The highest BCUT2D eigenvalue weighted by molar-refractivity contribution is 7.99. The van der Waals surface area contributed by atoms with Crippen molar-refractivity contribution < 1.29 is 9.84 Å². The Morgan fingerprint density at radius 3 is 2.35 bits per heavy atom. The van der Waals surface area contributed by atoms with Crippen molar-refractivity contribution in [1.82, 2.24) is 20.2 Å². The monoisotopic (exact) mass is 378 g/mol. The Labute approximate surface area is 160 Å². The topological polar surface area (TPSA) is 73.1 Å². The van der Waals surface area contributed by atoms with Crippen LogP contribution in [0.2, 0.25) is 0 Å². The van der Waals surface area contributed by atoms with Gasteiger partial charge in [0.25, 0.3) is 0 Å². The summed E-state index contributed by atoms with van der Waals surface area (Å²) in [5.41, 5.74) is 1.68. The molecular weight excluding hydrogens is 348 g/mol. The number of aliphatic hydroxyl groups is 1. The number of aromatic nitrogens is 4. The third-order valence-electron chi connectivity index (χ3n) is 4.04. The number of hydrogen-bond acceptors (Lipinski definition) is 6. The number of benzene rings is 1. The van der Waals surface area contributed by atoms with Crippen LogP contribution in [-0.4, -0.2) is 43.8 Å². The van der Waals surface area contributed by atoms with Crippen LogP contribution in [0.3, 0.4) is 0 Å². The molecule has 1 atom stereocenters. The molecule has 2 rings (SSSR count). The Bertz CT molecular complexity index is 692. The molecule has 1 N–H and O–H groups in total. The molecule has 1 aromatic carbocycles. The minimum Gasteiger partial charge on any atom is -0.491 e. The molecule has 1 heterocycles. The standard InChI is InChI=1S/C19H30N4O2S/c1-18(2,3)13-19(4,5)14-7-9-16(10-8-14)25-11-15(24)12-26-17-20-21-22-23(17)6/h7-10,15,24H,11-13H2,1-6H3. The van der Waals surface area contributed by atoms with Gasteiger partial charge in [-0.15, -0.1) is 5.10 Å². The predicted octanol–water partition coefficient (Wildman–Crippen LogP) is 3.46. The van der Waals surface area contributed by atoms with Gasteiger partial charge in [-0.1, -0.05) is 58.5 Å². The van der Waals surface area contributed by atoms with E-state index in [1.807, 2.05) is 12.1 Å². The summed E-state index contributed by atoms with van der Waals surface area (Å²) in [6.45, 7) is 11.6. The summed E-state index contributed by atoms with van der Waals surface area (Å²) in [6.07, 6.45) is 0.515. The normalized spacial score (nSPS) is 13.7. The first kappa shape index (κ1) is 20.7. The van der Waals surface area contributed by atoms with Crippen LogP contribution in [0.15, 0.2) is 29.4 Å². The van der Waals surface area contributed by atoms with Crippen molar-refractivity contribution in [3.05, 3.63) is 29.8 Å². The van der Waals surface area contributed by atoms with Crippen molar-refractivity contribution in [2.75, 3.05) is 12.4 Å². The molecule has 0 saturated heterocycles. The van der Waals surface area contributed by atoms with Crippen LogP contribution in [0.1, 0.15) is 46.6 Å². The maximum absolute atomic E-state index is 10.1. The van der Waals surface area contributed by atoms with Gasteiger partial charge < -0.3 is 9.84 Å². The summed E-state index contributed by atoms with van der Waals surface area (Å²) in [5, 5.41) is 22.0. The molecule has 1 unspecified atom stereocenters. The van der Waals surface area contributed by atoms with E-state index < -0.39 is 6.10 Å². The quantitative estimate of drug-likeness (QED) is 0.709. The molecule has 1 aromatic heterocycles. The smallest absolute Gasteiger partial charge is 0.209 e. The number of tetrazole rings is 1. The van der Waals surface area contributed by atoms with Crippen molar-refractivity contribution in [1.29, 1.82) is 0 Å². The first-order chi connectivity index (χ1) is 12.1. The largest absolute Gasteiger partial charge is 0.491 e. The zero-order valence-electron chi connectivity index (χ0n) is 16.6. The van der Waals surface area contributed by atoms with Gasteiger partial charge in [0, 0.05) is 12.8 Å². The Morgan fingerprint density at radius 1 is 1.15 bits per heavy atom. The average Bonchev–Trinajstić information content (AvgIpc) is 2.94. The Kier molecular flexibility index (Phi) is 6.69. The van der Waals surface area contributed by atoms with E-state index in [4.69, 9.17) is 4.74 Å². The van der Waals surface area contributed by atoms with Crippen molar-refractivity contribution in [2.24, 2.45) is 12.5 Å². The van der Waals surface area contributed by atoms with Crippen LogP contribution < -0.4 is 4.74 Å². The fraction of sp³-hybridized carbons (Fsp3) is 0.632. The van der Waals surface area contributed by atoms with Gasteiger partial charge in [-0.3, -0.25) is 0 Å². The molecule has 0 amide bonds. The first-order valence-corrected chi connectivity index (χ1v) is 9.82. The molecule has 6 nitrogen and oxygen atoms in total. The van der Waals surface area contributed by atoms with Crippen LogP contribution in [0.4, 0.5) is 0 Å². The fourth-order valence-corrected chi connectivity index (χ4v) is 3.94. The van der Waals surface area contributed by atoms with E-state index in [1.54, 1.807) is 11.7 Å². The molecule has 0 spiro atoms. The number of aliphatic hydroxyl groups excluding tert-OH is 1. The highest BCUT2D eigenvalue weighted by Crippen LogP contribution is 2.36. The van der Waals surface area contributed by atoms with Crippen molar-refractivity contribution in [2.45, 2.75) is 57.7 Å². The zero-order chi connectivity index (χ0) is 19.4. The van der Waals surface area contributed by atoms with E-state index in [-0.39, 0.29) is 17.4 Å². The number of thioether (sulfide) groups is 1. The molecule has 26 heavy (non-hydrogen) atoms. The second-order valence-electron chi connectivity index (χ2n) is 8.51. The minimum atomic E-state index is -0.589. The molecule has 2 aromatic rings. The van der Waals surface area contributed by atoms with Crippen molar-refractivity contribution >= 4 is 11.8 Å². The van der Waals surface area contributed by atoms with Gasteiger partial charge in [0.15, 0.2) is 0 Å². The third kappa shape index (κ3) is 6.29. The summed E-state index contributed by atoms with van der Waals surface area (Å²) in [7, 11) is 1.77. The predicted molar refractivity (Wildman–Crippen MR) is 105 cm³/mol.